The van der Waals surface area contributed by atoms with E-state index in [1.54, 1.807) is 38.3 Å². The molecule has 3 rings (SSSR count). The lowest BCUT2D eigenvalue weighted by Gasteiger charge is -2.48. The predicted molar refractivity (Wildman–Crippen MR) is 129 cm³/mol. The smallest absolute Gasteiger partial charge is 0.357 e. The topological polar surface area (TPSA) is 141 Å². The molecule has 0 unspecified atom stereocenters. The van der Waals surface area contributed by atoms with Gasteiger partial charge < -0.3 is 20.5 Å². The van der Waals surface area contributed by atoms with E-state index < -0.39 is 47.4 Å². The van der Waals surface area contributed by atoms with Crippen molar-refractivity contribution in [2.45, 2.75) is 52.0 Å². The van der Waals surface area contributed by atoms with Gasteiger partial charge in [0.2, 0.25) is 6.79 Å². The van der Waals surface area contributed by atoms with Gasteiger partial charge in [0.1, 0.15) is 17.1 Å². The number of nitrogens with zero attached hydrogens (tertiary/aromatic N) is 2. The van der Waals surface area contributed by atoms with E-state index in [0.29, 0.717) is 28.6 Å². The summed E-state index contributed by atoms with van der Waals surface area (Å²) >= 11 is 2.65. The van der Waals surface area contributed by atoms with Crippen molar-refractivity contribution in [3.8, 4) is 0 Å². The number of esters is 2. The number of rotatable bonds is 8. The molecule has 2 aliphatic heterocycles. The molecular formula is C22H28N4O6S2. The van der Waals surface area contributed by atoms with E-state index >= 15 is 0 Å². The largest absolute Gasteiger partial charge is 0.427 e. The number of aromatic nitrogens is 1. The number of thiazole rings is 1. The summed E-state index contributed by atoms with van der Waals surface area (Å²) in [6.45, 7) is 6.49. The first-order chi connectivity index (χ1) is 16.0. The minimum atomic E-state index is -0.797. The summed E-state index contributed by atoms with van der Waals surface area (Å²) in [6.07, 6.45) is 4.87. The van der Waals surface area contributed by atoms with Crippen molar-refractivity contribution in [3.63, 3.8) is 0 Å². The number of unbranched alkanes of at least 4 members (excludes halogenated alkanes) is 1. The number of carbonyl (C=O) groups excluding carboxylic acids is 4. The molecule has 184 valence electrons. The molecule has 0 radical (unpaired) electrons. The zero-order chi connectivity index (χ0) is 25.0. The first-order valence-electron chi connectivity index (χ1n) is 10.8. The number of nitrogens with one attached hydrogen (secondary N) is 1. The molecule has 1 aromatic heterocycles. The van der Waals surface area contributed by atoms with Crippen LogP contribution in [0.3, 0.4) is 0 Å². The third-order valence-corrected chi connectivity index (χ3v) is 6.87. The number of fused-ring (bicyclic) bond motifs is 1. The quantitative estimate of drug-likeness (QED) is 0.234. The number of β-lactam (4-membered cyclic amide) rings is 1. The Morgan fingerprint density at radius 3 is 2.68 bits per heavy atom. The van der Waals surface area contributed by atoms with Gasteiger partial charge in [0.05, 0.1) is 16.7 Å². The lowest BCUT2D eigenvalue weighted by molar-refractivity contribution is -0.173. The Morgan fingerprint density at radius 2 is 2.06 bits per heavy atom. The van der Waals surface area contributed by atoms with Crippen molar-refractivity contribution in [2.24, 2.45) is 5.41 Å². The van der Waals surface area contributed by atoms with Crippen molar-refractivity contribution in [3.05, 3.63) is 28.9 Å². The van der Waals surface area contributed by atoms with Gasteiger partial charge in [-0.3, -0.25) is 19.3 Å². The summed E-state index contributed by atoms with van der Waals surface area (Å²) in [5.74, 6) is -1.68. The summed E-state index contributed by atoms with van der Waals surface area (Å²) < 4.78 is 9.99. The molecule has 1 saturated heterocycles. The van der Waals surface area contributed by atoms with E-state index in [2.05, 4.69) is 10.3 Å². The van der Waals surface area contributed by atoms with E-state index in [0.717, 1.165) is 6.42 Å². The van der Waals surface area contributed by atoms with Crippen molar-refractivity contribution >= 4 is 57.6 Å². The average Bonchev–Trinajstić information content (AvgIpc) is 3.21. The zero-order valence-corrected chi connectivity index (χ0v) is 21.1. The van der Waals surface area contributed by atoms with Gasteiger partial charge in [-0.05, 0) is 33.3 Å². The lowest BCUT2D eigenvalue weighted by atomic mass is 9.98. The number of anilines is 1. The number of hydrogen-bond acceptors (Lipinski definition) is 10. The van der Waals surface area contributed by atoms with Crippen LogP contribution in [-0.2, 0) is 28.7 Å². The molecule has 10 nitrogen and oxygen atoms in total. The standard InChI is InChI=1S/C22H28N4O6S2/c1-5-6-7-12(13-10-34-21(23)24-13)16(27)25-15-17(28)26-14(8-9-33-18(15)26)19(29)31-11-32-20(30)22(2,3)4/h7-8,10,15,18H,5-6,9,11H2,1-4H3,(H2,23,24)(H,25,27)/t15-,18-/m1/s1. The van der Waals surface area contributed by atoms with Gasteiger partial charge in [-0.1, -0.05) is 19.4 Å². The molecule has 0 bridgehead atoms. The SMILES string of the molecule is CCCC=C(C(=O)N[C@@H]1C(=O)N2C(C(=O)OCOC(=O)C(C)(C)C)=CCS[C@H]12)c1csc(N)n1. The first kappa shape index (κ1) is 25.8. The summed E-state index contributed by atoms with van der Waals surface area (Å²) in [5, 5.41) is 4.37. The number of hydrogen-bond donors (Lipinski definition) is 2. The van der Waals surface area contributed by atoms with Crippen LogP contribution in [-0.4, -0.2) is 57.6 Å². The molecule has 2 amide bonds. The first-order valence-corrected chi connectivity index (χ1v) is 12.7. The molecule has 0 saturated carbocycles. The second kappa shape index (κ2) is 10.6. The predicted octanol–water partition coefficient (Wildman–Crippen LogP) is 2.28. The minimum absolute atomic E-state index is 0.0695. The highest BCUT2D eigenvalue weighted by molar-refractivity contribution is 8.00. The van der Waals surface area contributed by atoms with Gasteiger partial charge in [-0.2, -0.15) is 0 Å². The van der Waals surface area contributed by atoms with Crippen LogP contribution in [0, 0.1) is 5.41 Å². The molecule has 2 atom stereocenters. The number of ether oxygens (including phenoxy) is 2. The van der Waals surface area contributed by atoms with Gasteiger partial charge >= 0.3 is 11.9 Å². The normalized spacial score (nSPS) is 20.1. The van der Waals surface area contributed by atoms with Gasteiger partial charge in [-0.25, -0.2) is 9.78 Å². The second-order valence-corrected chi connectivity index (χ2v) is 10.7. The maximum Gasteiger partial charge on any atom is 0.357 e. The van der Waals surface area contributed by atoms with Crippen molar-refractivity contribution < 1.29 is 28.7 Å². The second-order valence-electron chi connectivity index (χ2n) is 8.68. The third kappa shape index (κ3) is 5.61. The lowest BCUT2D eigenvalue weighted by Crippen LogP contribution is -2.70. The van der Waals surface area contributed by atoms with Crippen LogP contribution in [0.15, 0.2) is 23.2 Å². The van der Waals surface area contributed by atoms with E-state index in [1.165, 1.54) is 28.0 Å². The van der Waals surface area contributed by atoms with Crippen molar-refractivity contribution in [1.82, 2.24) is 15.2 Å². The van der Waals surface area contributed by atoms with Crippen LogP contribution in [0.2, 0.25) is 0 Å². The van der Waals surface area contributed by atoms with Gasteiger partial charge in [0, 0.05) is 11.1 Å². The monoisotopic (exact) mass is 508 g/mol. The highest BCUT2D eigenvalue weighted by Crippen LogP contribution is 2.38. The summed E-state index contributed by atoms with van der Waals surface area (Å²) in [5.41, 5.74) is 5.87. The van der Waals surface area contributed by atoms with Crippen LogP contribution >= 0.6 is 23.1 Å². The molecule has 3 heterocycles. The highest BCUT2D eigenvalue weighted by atomic mass is 32.2. The van der Waals surface area contributed by atoms with Crippen LogP contribution in [0.1, 0.15) is 46.2 Å². The molecular weight excluding hydrogens is 480 g/mol. The van der Waals surface area contributed by atoms with E-state index in [1.807, 2.05) is 6.92 Å². The number of nitrogens with two attached hydrogens (primary N) is 1. The Balaban J connectivity index is 1.62. The van der Waals surface area contributed by atoms with Crippen LogP contribution < -0.4 is 11.1 Å². The van der Waals surface area contributed by atoms with Crippen LogP contribution in [0.5, 0.6) is 0 Å². The van der Waals surface area contributed by atoms with Gasteiger partial charge in [0.25, 0.3) is 11.8 Å². The van der Waals surface area contributed by atoms with Gasteiger partial charge in [-0.15, -0.1) is 23.1 Å². The molecule has 12 heteroatoms. The maximum atomic E-state index is 13.0. The highest BCUT2D eigenvalue weighted by Gasteiger charge is 2.53. The van der Waals surface area contributed by atoms with Gasteiger partial charge in [0.15, 0.2) is 5.13 Å². The van der Waals surface area contributed by atoms with Crippen LogP contribution in [0.4, 0.5) is 5.13 Å². The Labute approximate surface area is 205 Å². The molecule has 1 fully saturated rings. The van der Waals surface area contributed by atoms with Crippen molar-refractivity contribution in [2.75, 3.05) is 18.3 Å². The van der Waals surface area contributed by atoms with Crippen molar-refractivity contribution in [1.29, 1.82) is 0 Å². The number of carbonyl (C=O) groups is 4. The molecule has 2 aliphatic rings. The molecule has 3 N–H and O–H groups in total. The number of amides is 2. The number of nitrogen functional groups attached to an aromatic ring is 1. The maximum absolute atomic E-state index is 13.0. The fourth-order valence-corrected chi connectivity index (χ4v) is 4.95. The van der Waals surface area contributed by atoms with E-state index in [-0.39, 0.29) is 5.70 Å². The molecule has 0 aliphatic carbocycles. The molecule has 34 heavy (non-hydrogen) atoms. The molecule has 1 aromatic rings. The summed E-state index contributed by atoms with van der Waals surface area (Å²) in [6, 6.07) is -0.797. The Bertz CT molecular complexity index is 1040. The zero-order valence-electron chi connectivity index (χ0n) is 19.5. The average molecular weight is 509 g/mol. The van der Waals surface area contributed by atoms with E-state index in [9.17, 15) is 19.2 Å². The Kier molecular flexibility index (Phi) is 8.03. The molecule has 0 aromatic carbocycles. The Hall–Kier alpha value is -2.86. The number of thioether (sulfide) groups is 1. The number of allylic oxidation sites excluding steroid dienone is 1. The molecule has 0 spiro atoms. The third-order valence-electron chi connectivity index (χ3n) is 5.01. The fraction of sp³-hybridized carbons (Fsp3) is 0.500. The fourth-order valence-electron chi connectivity index (χ4n) is 3.19. The minimum Gasteiger partial charge on any atom is -0.427 e. The van der Waals surface area contributed by atoms with E-state index in [4.69, 9.17) is 15.2 Å². The summed E-state index contributed by atoms with van der Waals surface area (Å²) in [4.78, 5) is 55.7. The Morgan fingerprint density at radius 1 is 1.32 bits per heavy atom. The summed E-state index contributed by atoms with van der Waals surface area (Å²) in [7, 11) is 0. The van der Waals surface area contributed by atoms with Crippen LogP contribution in [0.25, 0.3) is 5.57 Å².